The summed E-state index contributed by atoms with van der Waals surface area (Å²) < 4.78 is 0. The maximum absolute atomic E-state index is 5.47. The summed E-state index contributed by atoms with van der Waals surface area (Å²) in [6.45, 7) is 2.87. The Morgan fingerprint density at radius 2 is 1.89 bits per heavy atom. The lowest BCUT2D eigenvalue weighted by Crippen LogP contribution is -2.47. The van der Waals surface area contributed by atoms with Gasteiger partial charge in [-0.25, -0.2) is 0 Å². The van der Waals surface area contributed by atoms with Gasteiger partial charge in [-0.1, -0.05) is 43.2 Å². The summed E-state index contributed by atoms with van der Waals surface area (Å²) in [5, 5.41) is 3.75. The van der Waals surface area contributed by atoms with E-state index < -0.39 is 0 Å². The van der Waals surface area contributed by atoms with Gasteiger partial charge < -0.3 is 16.8 Å². The highest BCUT2D eigenvalue weighted by Crippen LogP contribution is 2.32. The predicted octanol–water partition coefficient (Wildman–Crippen LogP) is 1.92. The van der Waals surface area contributed by atoms with Crippen LogP contribution in [0.15, 0.2) is 35.3 Å². The van der Waals surface area contributed by atoms with Gasteiger partial charge in [-0.05, 0) is 25.3 Å². The van der Waals surface area contributed by atoms with Crippen LogP contribution in [0.25, 0.3) is 0 Å². The molecule has 0 amide bonds. The lowest BCUT2D eigenvalue weighted by atomic mass is 9.95. The molecule has 1 aliphatic carbocycles. The van der Waals surface area contributed by atoms with E-state index in [-0.39, 0.29) is 11.5 Å². The van der Waals surface area contributed by atoms with E-state index >= 15 is 0 Å². The Labute approximate surface area is 115 Å². The number of guanidine groups is 1. The normalized spacial score (nSPS) is 19.0. The first-order valence-electron chi connectivity index (χ1n) is 6.99. The SMILES string of the molecule is CC(NC1(CN=C(N)N)CCCC1)c1ccccc1. The summed E-state index contributed by atoms with van der Waals surface area (Å²) in [5.74, 6) is 0.181. The first-order valence-corrected chi connectivity index (χ1v) is 6.99. The third-order valence-electron chi connectivity index (χ3n) is 3.95. The summed E-state index contributed by atoms with van der Waals surface area (Å²) >= 11 is 0. The van der Waals surface area contributed by atoms with Gasteiger partial charge in [0.2, 0.25) is 0 Å². The molecule has 1 unspecified atom stereocenters. The van der Waals surface area contributed by atoms with Crippen molar-refractivity contribution >= 4 is 5.96 Å². The maximum atomic E-state index is 5.47. The highest BCUT2D eigenvalue weighted by Gasteiger charge is 2.34. The molecule has 0 heterocycles. The van der Waals surface area contributed by atoms with Crippen molar-refractivity contribution in [2.45, 2.75) is 44.2 Å². The van der Waals surface area contributed by atoms with Crippen LogP contribution in [0, 0.1) is 0 Å². The fourth-order valence-electron chi connectivity index (χ4n) is 2.93. The van der Waals surface area contributed by atoms with E-state index in [1.165, 1.54) is 18.4 Å². The van der Waals surface area contributed by atoms with Crippen LogP contribution in [0.3, 0.4) is 0 Å². The molecule has 19 heavy (non-hydrogen) atoms. The second kappa shape index (κ2) is 6.06. The van der Waals surface area contributed by atoms with E-state index in [1.54, 1.807) is 0 Å². The average molecular weight is 260 g/mol. The van der Waals surface area contributed by atoms with Gasteiger partial charge in [0.15, 0.2) is 5.96 Å². The number of hydrogen-bond donors (Lipinski definition) is 3. The second-order valence-corrected chi connectivity index (χ2v) is 5.51. The molecule has 4 nitrogen and oxygen atoms in total. The third kappa shape index (κ3) is 3.70. The molecule has 1 atom stereocenters. The van der Waals surface area contributed by atoms with E-state index in [2.05, 4.69) is 41.5 Å². The van der Waals surface area contributed by atoms with Crippen molar-refractivity contribution in [1.82, 2.24) is 5.32 Å². The smallest absolute Gasteiger partial charge is 0.185 e. The maximum Gasteiger partial charge on any atom is 0.185 e. The molecular weight excluding hydrogens is 236 g/mol. The number of nitrogens with two attached hydrogens (primary N) is 2. The standard InChI is InChI=1S/C15H24N4/c1-12(13-7-3-2-4-8-13)19-15(9-5-6-10-15)11-18-14(16)17/h2-4,7-8,12,19H,5-6,9-11H2,1H3,(H4,16,17,18). The molecule has 2 rings (SSSR count). The number of hydrogen-bond acceptors (Lipinski definition) is 2. The van der Waals surface area contributed by atoms with E-state index in [1.807, 2.05) is 6.07 Å². The zero-order chi connectivity index (χ0) is 13.7. The molecule has 104 valence electrons. The largest absolute Gasteiger partial charge is 0.370 e. The van der Waals surface area contributed by atoms with Crippen molar-refractivity contribution < 1.29 is 0 Å². The molecule has 1 saturated carbocycles. The van der Waals surface area contributed by atoms with Crippen LogP contribution < -0.4 is 16.8 Å². The predicted molar refractivity (Wildman–Crippen MR) is 79.9 cm³/mol. The Bertz CT molecular complexity index is 417. The van der Waals surface area contributed by atoms with Gasteiger partial charge >= 0.3 is 0 Å². The molecule has 0 spiro atoms. The van der Waals surface area contributed by atoms with Crippen molar-refractivity contribution in [2.24, 2.45) is 16.5 Å². The molecule has 0 radical (unpaired) electrons. The highest BCUT2D eigenvalue weighted by atomic mass is 15.1. The first kappa shape index (κ1) is 13.9. The van der Waals surface area contributed by atoms with Gasteiger partial charge in [0.1, 0.15) is 0 Å². The lowest BCUT2D eigenvalue weighted by molar-refractivity contribution is 0.308. The average Bonchev–Trinajstić information content (AvgIpc) is 2.86. The summed E-state index contributed by atoms with van der Waals surface area (Å²) in [4.78, 5) is 4.24. The van der Waals surface area contributed by atoms with Crippen LogP contribution in [-0.2, 0) is 0 Å². The number of aliphatic imine (C=N–C) groups is 1. The molecule has 0 aromatic heterocycles. The van der Waals surface area contributed by atoms with Gasteiger partial charge in [-0.15, -0.1) is 0 Å². The van der Waals surface area contributed by atoms with Gasteiger partial charge in [0, 0.05) is 11.6 Å². The fourth-order valence-corrected chi connectivity index (χ4v) is 2.93. The number of nitrogens with zero attached hydrogens (tertiary/aromatic N) is 1. The van der Waals surface area contributed by atoms with E-state index in [0.717, 1.165) is 12.8 Å². The van der Waals surface area contributed by atoms with Crippen LogP contribution in [-0.4, -0.2) is 18.0 Å². The molecule has 1 aliphatic rings. The number of rotatable bonds is 5. The minimum atomic E-state index is 0.0548. The van der Waals surface area contributed by atoms with E-state index in [0.29, 0.717) is 12.6 Å². The van der Waals surface area contributed by atoms with Gasteiger partial charge in [0.05, 0.1) is 6.54 Å². The molecular formula is C15H24N4. The van der Waals surface area contributed by atoms with Crippen LogP contribution in [0.1, 0.15) is 44.2 Å². The lowest BCUT2D eigenvalue weighted by Gasteiger charge is -2.32. The molecule has 0 aliphatic heterocycles. The summed E-state index contributed by atoms with van der Waals surface area (Å²) in [6.07, 6.45) is 4.77. The summed E-state index contributed by atoms with van der Waals surface area (Å²) in [5.41, 5.74) is 12.3. The molecule has 0 bridgehead atoms. The molecule has 0 saturated heterocycles. The monoisotopic (exact) mass is 260 g/mol. The zero-order valence-electron chi connectivity index (χ0n) is 11.6. The third-order valence-corrected chi connectivity index (χ3v) is 3.95. The minimum absolute atomic E-state index is 0.0548. The second-order valence-electron chi connectivity index (χ2n) is 5.51. The van der Waals surface area contributed by atoms with Crippen molar-refractivity contribution in [2.75, 3.05) is 6.54 Å². The van der Waals surface area contributed by atoms with Crippen molar-refractivity contribution in [1.29, 1.82) is 0 Å². The Morgan fingerprint density at radius 3 is 2.47 bits per heavy atom. The Hall–Kier alpha value is -1.55. The quantitative estimate of drug-likeness (QED) is 0.559. The van der Waals surface area contributed by atoms with Crippen LogP contribution in [0.4, 0.5) is 0 Å². The molecule has 1 fully saturated rings. The molecule has 5 N–H and O–H groups in total. The molecule has 1 aromatic rings. The van der Waals surface area contributed by atoms with Crippen molar-refractivity contribution in [3.05, 3.63) is 35.9 Å². The topological polar surface area (TPSA) is 76.4 Å². The molecule has 1 aromatic carbocycles. The molecule has 4 heteroatoms. The Morgan fingerprint density at radius 1 is 1.26 bits per heavy atom. The van der Waals surface area contributed by atoms with Crippen molar-refractivity contribution in [3.8, 4) is 0 Å². The highest BCUT2D eigenvalue weighted by molar-refractivity contribution is 5.75. The van der Waals surface area contributed by atoms with E-state index in [9.17, 15) is 0 Å². The zero-order valence-corrected chi connectivity index (χ0v) is 11.6. The Kier molecular flexibility index (Phi) is 4.43. The van der Waals surface area contributed by atoms with Crippen LogP contribution in [0.2, 0.25) is 0 Å². The van der Waals surface area contributed by atoms with Crippen LogP contribution in [0.5, 0.6) is 0 Å². The Balaban J connectivity index is 2.06. The van der Waals surface area contributed by atoms with Crippen molar-refractivity contribution in [3.63, 3.8) is 0 Å². The van der Waals surface area contributed by atoms with Crippen LogP contribution >= 0.6 is 0 Å². The first-order chi connectivity index (χ1) is 9.11. The van der Waals surface area contributed by atoms with Gasteiger partial charge in [0.25, 0.3) is 0 Å². The van der Waals surface area contributed by atoms with Gasteiger partial charge in [-0.2, -0.15) is 0 Å². The fraction of sp³-hybridized carbons (Fsp3) is 0.533. The van der Waals surface area contributed by atoms with E-state index in [4.69, 9.17) is 11.5 Å². The minimum Gasteiger partial charge on any atom is -0.370 e. The van der Waals surface area contributed by atoms with Gasteiger partial charge in [-0.3, -0.25) is 4.99 Å². The number of benzene rings is 1. The summed E-state index contributed by atoms with van der Waals surface area (Å²) in [6, 6.07) is 10.8. The summed E-state index contributed by atoms with van der Waals surface area (Å²) in [7, 11) is 0. The number of nitrogens with one attached hydrogen (secondary N) is 1.